The number of hydrogen-bond donors (Lipinski definition) is 0. The summed E-state index contributed by atoms with van der Waals surface area (Å²) in [6.45, 7) is 0. The molecule has 10 heteroatoms. The maximum atomic E-state index is 8.93. The van der Waals surface area contributed by atoms with E-state index >= 15 is 0 Å². The molecule has 0 spiro atoms. The zero-order chi connectivity index (χ0) is 5.15. The monoisotopic (exact) mass is 234 g/mol. The van der Waals surface area contributed by atoms with E-state index in [0.717, 1.165) is 0 Å². The van der Waals surface area contributed by atoms with Crippen LogP contribution in [0.3, 0.4) is 0 Å². The topological polar surface area (TPSA) is 238 Å². The summed E-state index contributed by atoms with van der Waals surface area (Å²) in [6, 6.07) is 0. The molecule has 0 amide bonds. The van der Waals surface area contributed by atoms with E-state index in [1.165, 1.54) is 0 Å². The number of hydrogen-bond acceptors (Lipinski definition) is 4. The molecule has 12 heavy (non-hydrogen) atoms. The summed E-state index contributed by atoms with van der Waals surface area (Å²) >= 11 is 0. The van der Waals surface area contributed by atoms with Crippen LogP contribution in [-0.2, 0) is 26.7 Å². The average molecular weight is 234 g/mol. The standard InChI is InChI=1S/C2H2O4.Fe.5H2O/c3-1(4)2(5)6;;;;;;/h(H,3,4)(H,5,6);;5*1H2/q;+2;;;;;/p-2. The van der Waals surface area contributed by atoms with Gasteiger partial charge in [-0.25, -0.2) is 0 Å². The molecule has 0 aliphatic heterocycles. The second-order valence-corrected chi connectivity index (χ2v) is 0.575. The van der Waals surface area contributed by atoms with Gasteiger partial charge in [0.25, 0.3) is 0 Å². The van der Waals surface area contributed by atoms with Gasteiger partial charge < -0.3 is 47.2 Å². The van der Waals surface area contributed by atoms with Crippen molar-refractivity contribution in [1.82, 2.24) is 0 Å². The van der Waals surface area contributed by atoms with E-state index in [1.807, 2.05) is 0 Å². The Morgan fingerprint density at radius 1 is 0.667 bits per heavy atom. The Hall–Kier alpha value is -0.741. The van der Waals surface area contributed by atoms with Crippen LogP contribution in [0.25, 0.3) is 0 Å². The Kier molecular flexibility index (Phi) is 173. The number of carboxylic acids is 2. The van der Waals surface area contributed by atoms with Crippen LogP contribution in [0.1, 0.15) is 0 Å². The van der Waals surface area contributed by atoms with E-state index in [1.54, 1.807) is 0 Å². The van der Waals surface area contributed by atoms with Crippen LogP contribution in [0.4, 0.5) is 0 Å². The van der Waals surface area contributed by atoms with E-state index < -0.39 is 11.9 Å². The van der Waals surface area contributed by atoms with E-state index in [9.17, 15) is 0 Å². The van der Waals surface area contributed by atoms with E-state index in [-0.39, 0.29) is 44.4 Å². The van der Waals surface area contributed by atoms with Crippen LogP contribution in [0.2, 0.25) is 0 Å². The third-order valence-corrected chi connectivity index (χ3v) is 0.167. The Morgan fingerprint density at radius 2 is 0.750 bits per heavy atom. The normalized spacial score (nSPS) is 3.67. The molecular formula is C2H10FeO9. The van der Waals surface area contributed by atoms with Gasteiger partial charge in [0.2, 0.25) is 0 Å². The summed E-state index contributed by atoms with van der Waals surface area (Å²) in [6.07, 6.45) is 0. The predicted molar refractivity (Wildman–Crippen MR) is 28.1 cm³/mol. The molecule has 0 saturated carbocycles. The minimum Gasteiger partial charge on any atom is -0.543 e. The molecule has 0 aliphatic rings. The van der Waals surface area contributed by atoms with Gasteiger partial charge in [-0.3, -0.25) is 0 Å². The molecule has 0 aromatic carbocycles. The quantitative estimate of drug-likeness (QED) is 0.292. The molecule has 0 aliphatic carbocycles. The van der Waals surface area contributed by atoms with Crippen molar-refractivity contribution in [1.29, 1.82) is 0 Å². The fourth-order valence-corrected chi connectivity index (χ4v) is 0. The van der Waals surface area contributed by atoms with Crippen LogP contribution in [0.15, 0.2) is 0 Å². The average Bonchev–Trinajstić information content (AvgIpc) is 1.36. The number of carboxylic acid groups (broad SMARTS) is 2. The maximum absolute atomic E-state index is 8.93. The first kappa shape index (κ1) is 65.3. The van der Waals surface area contributed by atoms with Crippen LogP contribution < -0.4 is 10.2 Å². The number of carbonyl (C=O) groups is 2. The summed E-state index contributed by atoms with van der Waals surface area (Å²) in [4.78, 5) is 17.9. The largest absolute Gasteiger partial charge is 2.00 e. The Bertz CT molecular complexity index is 78.5. The molecule has 0 rings (SSSR count). The van der Waals surface area contributed by atoms with E-state index in [2.05, 4.69) is 0 Å². The van der Waals surface area contributed by atoms with Crippen molar-refractivity contribution >= 4 is 11.9 Å². The SMILES string of the molecule is O.O.O.O.O.O=C([O-])C(=O)[O-].[Fe+2]. The fourth-order valence-electron chi connectivity index (χ4n) is 0. The third kappa shape index (κ3) is 59.5. The van der Waals surface area contributed by atoms with Gasteiger partial charge in [-0.2, -0.15) is 0 Å². The van der Waals surface area contributed by atoms with Crippen molar-refractivity contribution in [2.24, 2.45) is 0 Å². The van der Waals surface area contributed by atoms with Crippen LogP contribution >= 0.6 is 0 Å². The van der Waals surface area contributed by atoms with Crippen LogP contribution in [0.5, 0.6) is 0 Å². The molecule has 0 aromatic heterocycles. The third-order valence-electron chi connectivity index (χ3n) is 0.167. The molecule has 9 nitrogen and oxygen atoms in total. The van der Waals surface area contributed by atoms with Gasteiger partial charge >= 0.3 is 17.1 Å². The first-order valence-corrected chi connectivity index (χ1v) is 1.07. The second-order valence-electron chi connectivity index (χ2n) is 0.575. The second kappa shape index (κ2) is 31.8. The van der Waals surface area contributed by atoms with Gasteiger partial charge in [-0.15, -0.1) is 0 Å². The van der Waals surface area contributed by atoms with Gasteiger partial charge in [0.1, 0.15) is 0 Å². The first-order valence-electron chi connectivity index (χ1n) is 1.07. The minimum atomic E-state index is -2.19. The molecule has 0 radical (unpaired) electrons. The number of carbonyl (C=O) groups excluding carboxylic acids is 2. The van der Waals surface area contributed by atoms with Gasteiger partial charge in [-0.1, -0.05) is 0 Å². The zero-order valence-electron chi connectivity index (χ0n) is 5.49. The van der Waals surface area contributed by atoms with E-state index in [0.29, 0.717) is 0 Å². The molecular weight excluding hydrogens is 224 g/mol. The van der Waals surface area contributed by atoms with Gasteiger partial charge in [-0.05, 0) is 0 Å². The molecule has 0 bridgehead atoms. The summed E-state index contributed by atoms with van der Waals surface area (Å²) < 4.78 is 0. The number of aliphatic carboxylic acids is 2. The maximum Gasteiger partial charge on any atom is 2.00 e. The molecule has 0 fully saturated rings. The smallest absolute Gasteiger partial charge is 0.543 e. The fraction of sp³-hybridized carbons (Fsp3) is 0. The van der Waals surface area contributed by atoms with Crippen molar-refractivity contribution in [3.63, 3.8) is 0 Å². The van der Waals surface area contributed by atoms with Crippen molar-refractivity contribution < 1.29 is 64.3 Å². The van der Waals surface area contributed by atoms with Crippen molar-refractivity contribution in [3.05, 3.63) is 0 Å². The molecule has 0 saturated heterocycles. The van der Waals surface area contributed by atoms with Crippen molar-refractivity contribution in [3.8, 4) is 0 Å². The predicted octanol–water partition coefficient (Wildman–Crippen LogP) is -7.64. The summed E-state index contributed by atoms with van der Waals surface area (Å²) in [7, 11) is 0. The van der Waals surface area contributed by atoms with Crippen LogP contribution in [-0.4, -0.2) is 39.3 Å². The van der Waals surface area contributed by atoms with Gasteiger partial charge in [0.15, 0.2) is 0 Å². The zero-order valence-corrected chi connectivity index (χ0v) is 6.59. The van der Waals surface area contributed by atoms with Gasteiger partial charge in [0, 0.05) is 0 Å². The Labute approximate surface area is 77.0 Å². The Balaban J connectivity index is -0.00000000833. The Morgan fingerprint density at radius 3 is 0.750 bits per heavy atom. The van der Waals surface area contributed by atoms with E-state index in [4.69, 9.17) is 19.8 Å². The molecule has 10 N–H and O–H groups in total. The minimum absolute atomic E-state index is 0. The van der Waals surface area contributed by atoms with Crippen LogP contribution in [0, 0.1) is 0 Å². The summed E-state index contributed by atoms with van der Waals surface area (Å²) in [5.74, 6) is -4.37. The molecule has 0 unspecified atom stereocenters. The summed E-state index contributed by atoms with van der Waals surface area (Å²) in [5.41, 5.74) is 0. The number of rotatable bonds is 0. The van der Waals surface area contributed by atoms with Gasteiger partial charge in [0.05, 0.1) is 11.9 Å². The molecule has 0 heterocycles. The van der Waals surface area contributed by atoms with Crippen molar-refractivity contribution in [2.75, 3.05) is 0 Å². The first-order chi connectivity index (χ1) is 2.64. The van der Waals surface area contributed by atoms with Crippen molar-refractivity contribution in [2.45, 2.75) is 0 Å². The molecule has 80 valence electrons. The summed E-state index contributed by atoms with van der Waals surface area (Å²) in [5, 5.41) is 17.9. The molecule has 0 aromatic rings. The molecule has 0 atom stereocenters.